The third-order valence-electron chi connectivity index (χ3n) is 4.13. The SMILES string of the molecule is CC(NC(=O)Cn1nc(C(F)(F)F)c(Br)c1C1CC1)c1ccccc1. The lowest BCUT2D eigenvalue weighted by molar-refractivity contribution is -0.142. The first-order valence-corrected chi connectivity index (χ1v) is 8.74. The van der Waals surface area contributed by atoms with Crippen molar-refractivity contribution in [1.29, 1.82) is 0 Å². The van der Waals surface area contributed by atoms with Gasteiger partial charge in [0, 0.05) is 5.92 Å². The maximum Gasteiger partial charge on any atom is 0.436 e. The number of aromatic nitrogens is 2. The number of rotatable bonds is 5. The van der Waals surface area contributed by atoms with Gasteiger partial charge in [-0.05, 0) is 41.3 Å². The van der Waals surface area contributed by atoms with E-state index in [2.05, 4.69) is 26.3 Å². The smallest absolute Gasteiger partial charge is 0.348 e. The van der Waals surface area contributed by atoms with Gasteiger partial charge in [-0.2, -0.15) is 18.3 Å². The molecule has 134 valence electrons. The summed E-state index contributed by atoms with van der Waals surface area (Å²) in [4.78, 5) is 12.3. The Kier molecular flexibility index (Phi) is 4.90. The van der Waals surface area contributed by atoms with Crippen molar-refractivity contribution in [2.75, 3.05) is 0 Å². The third-order valence-corrected chi connectivity index (χ3v) is 4.92. The molecule has 1 atom stereocenters. The molecular weight excluding hydrogens is 399 g/mol. The highest BCUT2D eigenvalue weighted by Crippen LogP contribution is 2.46. The lowest BCUT2D eigenvalue weighted by Crippen LogP contribution is -2.31. The second kappa shape index (κ2) is 6.82. The molecule has 1 N–H and O–H groups in total. The van der Waals surface area contributed by atoms with Crippen LogP contribution in [0.5, 0.6) is 0 Å². The number of benzene rings is 1. The van der Waals surface area contributed by atoms with Crippen LogP contribution in [0.25, 0.3) is 0 Å². The fourth-order valence-corrected chi connectivity index (χ4v) is 3.58. The van der Waals surface area contributed by atoms with Crippen LogP contribution in [0.15, 0.2) is 34.8 Å². The molecule has 0 bridgehead atoms. The molecule has 1 heterocycles. The molecule has 1 fully saturated rings. The Balaban J connectivity index is 1.77. The average molecular weight is 416 g/mol. The number of alkyl halides is 3. The van der Waals surface area contributed by atoms with Crippen LogP contribution < -0.4 is 5.32 Å². The fourth-order valence-electron chi connectivity index (χ4n) is 2.75. The minimum Gasteiger partial charge on any atom is -0.348 e. The molecule has 1 aliphatic carbocycles. The number of nitrogens with zero attached hydrogens (tertiary/aromatic N) is 2. The van der Waals surface area contributed by atoms with E-state index in [9.17, 15) is 18.0 Å². The minimum atomic E-state index is -4.55. The molecule has 2 aromatic rings. The van der Waals surface area contributed by atoms with E-state index in [1.165, 1.54) is 4.68 Å². The minimum absolute atomic E-state index is 0.0253. The van der Waals surface area contributed by atoms with Crippen molar-refractivity contribution in [3.05, 3.63) is 51.8 Å². The number of carbonyl (C=O) groups excluding carboxylic acids is 1. The van der Waals surface area contributed by atoms with Gasteiger partial charge in [0.25, 0.3) is 0 Å². The normalized spacial score (nSPS) is 15.9. The van der Waals surface area contributed by atoms with Crippen LogP contribution >= 0.6 is 15.9 Å². The Morgan fingerprint density at radius 2 is 2.00 bits per heavy atom. The molecule has 1 unspecified atom stereocenters. The zero-order valence-electron chi connectivity index (χ0n) is 13.5. The molecule has 0 aliphatic heterocycles. The van der Waals surface area contributed by atoms with Gasteiger partial charge in [0.1, 0.15) is 6.54 Å². The molecular formula is C17H17BrF3N3O. The number of carbonyl (C=O) groups is 1. The second-order valence-corrected chi connectivity index (χ2v) is 6.97. The van der Waals surface area contributed by atoms with E-state index in [1.54, 1.807) is 0 Å². The number of hydrogen-bond acceptors (Lipinski definition) is 2. The molecule has 1 aromatic heterocycles. The van der Waals surface area contributed by atoms with Crippen molar-refractivity contribution < 1.29 is 18.0 Å². The summed E-state index contributed by atoms with van der Waals surface area (Å²) >= 11 is 3.02. The van der Waals surface area contributed by atoms with Gasteiger partial charge in [-0.25, -0.2) is 0 Å². The van der Waals surface area contributed by atoms with E-state index in [1.807, 2.05) is 37.3 Å². The standard InChI is InChI=1S/C17H17BrF3N3O/c1-10(11-5-3-2-4-6-11)22-13(25)9-24-15(12-7-8-12)14(18)16(23-24)17(19,20)21/h2-6,10,12H,7-9H2,1H3,(H,22,25). The van der Waals surface area contributed by atoms with Crippen LogP contribution in [0.4, 0.5) is 13.2 Å². The van der Waals surface area contributed by atoms with Crippen molar-refractivity contribution in [3.8, 4) is 0 Å². The highest BCUT2D eigenvalue weighted by molar-refractivity contribution is 9.10. The van der Waals surface area contributed by atoms with E-state index in [4.69, 9.17) is 0 Å². The first-order valence-electron chi connectivity index (χ1n) is 7.95. The Hall–Kier alpha value is -1.83. The van der Waals surface area contributed by atoms with Gasteiger partial charge < -0.3 is 5.32 Å². The Bertz CT molecular complexity index is 769. The molecule has 1 aliphatic rings. The molecule has 0 radical (unpaired) electrons. The molecule has 4 nitrogen and oxygen atoms in total. The monoisotopic (exact) mass is 415 g/mol. The quantitative estimate of drug-likeness (QED) is 0.785. The van der Waals surface area contributed by atoms with Gasteiger partial charge >= 0.3 is 6.18 Å². The van der Waals surface area contributed by atoms with E-state index in [-0.39, 0.29) is 28.9 Å². The topological polar surface area (TPSA) is 46.9 Å². The van der Waals surface area contributed by atoms with E-state index >= 15 is 0 Å². The van der Waals surface area contributed by atoms with Gasteiger partial charge in [-0.3, -0.25) is 9.48 Å². The first kappa shape index (κ1) is 18.0. The van der Waals surface area contributed by atoms with Gasteiger partial charge in [-0.15, -0.1) is 0 Å². The summed E-state index contributed by atoms with van der Waals surface area (Å²) in [5.41, 5.74) is 0.407. The van der Waals surface area contributed by atoms with E-state index in [0.717, 1.165) is 18.4 Å². The lowest BCUT2D eigenvalue weighted by Gasteiger charge is -2.15. The summed E-state index contributed by atoms with van der Waals surface area (Å²) in [5, 5.41) is 6.45. The van der Waals surface area contributed by atoms with E-state index < -0.39 is 11.9 Å². The summed E-state index contributed by atoms with van der Waals surface area (Å²) in [5.74, 6) is -0.348. The summed E-state index contributed by atoms with van der Waals surface area (Å²) < 4.78 is 40.4. The van der Waals surface area contributed by atoms with E-state index in [0.29, 0.717) is 5.69 Å². The number of hydrogen-bond donors (Lipinski definition) is 1. The predicted octanol–water partition coefficient (Wildman–Crippen LogP) is 4.42. The molecule has 8 heteroatoms. The van der Waals surface area contributed by atoms with Gasteiger partial charge in [0.2, 0.25) is 5.91 Å². The molecule has 1 amide bonds. The van der Waals surface area contributed by atoms with Crippen molar-refractivity contribution in [2.24, 2.45) is 0 Å². The van der Waals surface area contributed by atoms with Crippen molar-refractivity contribution in [2.45, 2.75) is 44.4 Å². The van der Waals surface area contributed by atoms with Crippen LogP contribution in [0.1, 0.15) is 48.7 Å². The molecule has 1 saturated carbocycles. The summed E-state index contributed by atoms with van der Waals surface area (Å²) in [6.45, 7) is 1.59. The number of amides is 1. The maximum atomic E-state index is 13.1. The summed E-state index contributed by atoms with van der Waals surface area (Å²) in [7, 11) is 0. The zero-order valence-corrected chi connectivity index (χ0v) is 15.1. The highest BCUT2D eigenvalue weighted by Gasteiger charge is 2.41. The highest BCUT2D eigenvalue weighted by atomic mass is 79.9. The van der Waals surface area contributed by atoms with Crippen LogP contribution in [0.2, 0.25) is 0 Å². The van der Waals surface area contributed by atoms with Crippen molar-refractivity contribution >= 4 is 21.8 Å². The molecule has 0 spiro atoms. The van der Waals surface area contributed by atoms with Crippen molar-refractivity contribution in [1.82, 2.24) is 15.1 Å². The lowest BCUT2D eigenvalue weighted by atomic mass is 10.1. The average Bonchev–Trinajstić information content (AvgIpc) is 3.31. The molecule has 25 heavy (non-hydrogen) atoms. The zero-order chi connectivity index (χ0) is 18.2. The van der Waals surface area contributed by atoms with Gasteiger partial charge in [-0.1, -0.05) is 30.3 Å². The Morgan fingerprint density at radius 3 is 2.56 bits per heavy atom. The molecule has 3 rings (SSSR count). The third kappa shape index (κ3) is 4.05. The van der Waals surface area contributed by atoms with Gasteiger partial charge in [0.05, 0.1) is 16.2 Å². The Labute approximate surface area is 151 Å². The molecule has 1 aromatic carbocycles. The first-order chi connectivity index (χ1) is 11.8. The largest absolute Gasteiger partial charge is 0.436 e. The second-order valence-electron chi connectivity index (χ2n) is 6.18. The fraction of sp³-hybridized carbons (Fsp3) is 0.412. The van der Waals surface area contributed by atoms with Crippen LogP contribution in [0, 0.1) is 0 Å². The number of nitrogens with one attached hydrogen (secondary N) is 1. The Morgan fingerprint density at radius 1 is 1.36 bits per heavy atom. The van der Waals surface area contributed by atoms with Crippen LogP contribution in [0.3, 0.4) is 0 Å². The maximum absolute atomic E-state index is 13.1. The summed E-state index contributed by atoms with van der Waals surface area (Å²) in [6, 6.07) is 9.13. The van der Waals surface area contributed by atoms with Gasteiger partial charge in [0.15, 0.2) is 5.69 Å². The summed E-state index contributed by atoms with van der Waals surface area (Å²) in [6.07, 6.45) is -2.94. The van der Waals surface area contributed by atoms with Crippen LogP contribution in [-0.2, 0) is 17.5 Å². The van der Waals surface area contributed by atoms with Crippen molar-refractivity contribution in [3.63, 3.8) is 0 Å². The predicted molar refractivity (Wildman–Crippen MR) is 89.9 cm³/mol. The van der Waals surface area contributed by atoms with Crippen LogP contribution in [-0.4, -0.2) is 15.7 Å². The number of halogens is 4. The molecule has 0 saturated heterocycles.